The van der Waals surface area contributed by atoms with Gasteiger partial charge in [0, 0.05) is 22.3 Å². The third-order valence-corrected chi connectivity index (χ3v) is 15.0. The molecule has 0 amide bonds. The summed E-state index contributed by atoms with van der Waals surface area (Å²) in [7, 11) is -1.67. The van der Waals surface area contributed by atoms with Gasteiger partial charge in [-0.05, 0) is 103 Å². The average molecular weight is 872 g/mol. The molecular weight excluding hydrogens is 803 g/mol. The van der Waals surface area contributed by atoms with Gasteiger partial charge >= 0.3 is 0 Å². The zero-order valence-corrected chi connectivity index (χ0v) is 42.7. The third kappa shape index (κ3) is 9.47. The van der Waals surface area contributed by atoms with Crippen LogP contribution in [0.1, 0.15) is 105 Å². The molecule has 8 aromatic rings. The summed E-state index contributed by atoms with van der Waals surface area (Å²) >= 11 is 0. The molecule has 0 aliphatic heterocycles. The summed E-state index contributed by atoms with van der Waals surface area (Å²) in [6.07, 6.45) is 0. The number of pyridine rings is 1. The third-order valence-electron chi connectivity index (χ3n) is 13.0. The van der Waals surface area contributed by atoms with Gasteiger partial charge in [-0.15, -0.1) is 0 Å². The number of hydrogen-bond donors (Lipinski definition) is 0. The molecule has 6 aromatic carbocycles. The molecule has 2 aromatic heterocycles. The second-order valence-electron chi connectivity index (χ2n) is 23.4. The van der Waals surface area contributed by atoms with Gasteiger partial charge in [0.1, 0.15) is 5.82 Å². The van der Waals surface area contributed by atoms with Crippen LogP contribution in [0.3, 0.4) is 0 Å². The minimum atomic E-state index is -1.67. The van der Waals surface area contributed by atoms with Gasteiger partial charge in [0.2, 0.25) is 0 Å². The van der Waals surface area contributed by atoms with Crippen LogP contribution in [0, 0.1) is 0 Å². The number of hydrogen-bond acceptors (Lipinski definition) is 2. The van der Waals surface area contributed by atoms with Gasteiger partial charge in [-0.25, -0.2) is 9.97 Å². The van der Waals surface area contributed by atoms with Crippen molar-refractivity contribution < 1.29 is 0 Å². The van der Waals surface area contributed by atoms with E-state index in [0.717, 1.165) is 50.6 Å². The van der Waals surface area contributed by atoms with Crippen LogP contribution in [0.2, 0.25) is 19.6 Å². The van der Waals surface area contributed by atoms with E-state index in [1.54, 1.807) is 0 Å². The number of rotatable bonds is 7. The Balaban J connectivity index is 1.41. The van der Waals surface area contributed by atoms with Crippen molar-refractivity contribution in [2.24, 2.45) is 0 Å². The van der Waals surface area contributed by atoms with Gasteiger partial charge in [-0.1, -0.05) is 211 Å². The molecule has 0 N–H and O–H groups in total. The second-order valence-corrected chi connectivity index (χ2v) is 28.5. The standard InChI is InChI=1S/C61H69N3Si/c1-58(2,3)45-29-27-40(28-30-45)42-23-19-24-43(33-42)52-37-48(61(10,11)12)38-53(62-52)50-25-20-26-55-56(50)63-57(44-34-46(59(4,5)6)36-47(35-44)60(7,8)9)64(55)54-32-31-49(65(13,14)15)39-51(54)41-21-17-16-18-22-41/h16-39H,1-15H3. The van der Waals surface area contributed by atoms with E-state index in [1.165, 1.54) is 49.7 Å². The van der Waals surface area contributed by atoms with Crippen LogP contribution in [-0.2, 0) is 21.7 Å². The normalized spacial score (nSPS) is 12.8. The first kappa shape index (κ1) is 45.7. The van der Waals surface area contributed by atoms with Crippen LogP contribution in [0.25, 0.3) is 72.9 Å². The number of benzene rings is 6. The fourth-order valence-electron chi connectivity index (χ4n) is 8.68. The van der Waals surface area contributed by atoms with Crippen LogP contribution in [0.4, 0.5) is 0 Å². The molecule has 0 aliphatic carbocycles. The van der Waals surface area contributed by atoms with Crippen LogP contribution >= 0.6 is 0 Å². The molecule has 0 atom stereocenters. The summed E-state index contributed by atoms with van der Waals surface area (Å²) in [5, 5.41) is 1.43. The highest BCUT2D eigenvalue weighted by Crippen LogP contribution is 2.41. The molecule has 0 unspecified atom stereocenters. The molecule has 0 saturated heterocycles. The Kier molecular flexibility index (Phi) is 11.6. The number of fused-ring (bicyclic) bond motifs is 1. The molecule has 4 heteroatoms. The van der Waals surface area contributed by atoms with Crippen LogP contribution in [-0.4, -0.2) is 22.6 Å². The molecule has 332 valence electrons. The van der Waals surface area contributed by atoms with Crippen molar-refractivity contribution in [3.05, 3.63) is 168 Å². The van der Waals surface area contributed by atoms with E-state index in [0.29, 0.717) is 0 Å². The van der Waals surface area contributed by atoms with Crippen molar-refractivity contribution in [1.29, 1.82) is 0 Å². The maximum atomic E-state index is 5.79. The zero-order valence-electron chi connectivity index (χ0n) is 41.7. The summed E-state index contributed by atoms with van der Waals surface area (Å²) in [6.45, 7) is 34.8. The molecule has 0 radical (unpaired) electrons. The molecule has 65 heavy (non-hydrogen) atoms. The van der Waals surface area contributed by atoms with Gasteiger partial charge in [-0.3, -0.25) is 4.57 Å². The van der Waals surface area contributed by atoms with Gasteiger partial charge < -0.3 is 0 Å². The predicted octanol–water partition coefficient (Wildman–Crippen LogP) is 16.5. The first-order valence-corrected chi connectivity index (χ1v) is 27.0. The van der Waals surface area contributed by atoms with Gasteiger partial charge in [0.25, 0.3) is 0 Å². The predicted molar refractivity (Wildman–Crippen MR) is 284 cm³/mol. The molecule has 0 fully saturated rings. The second kappa shape index (κ2) is 16.5. The van der Waals surface area contributed by atoms with Crippen molar-refractivity contribution in [2.75, 3.05) is 0 Å². The monoisotopic (exact) mass is 872 g/mol. The Morgan fingerprint density at radius 1 is 0.385 bits per heavy atom. The quantitative estimate of drug-likeness (QED) is 0.149. The molecule has 8 rings (SSSR count). The first-order chi connectivity index (χ1) is 30.4. The van der Waals surface area contributed by atoms with Gasteiger partial charge in [0.15, 0.2) is 0 Å². The lowest BCUT2D eigenvalue weighted by Crippen LogP contribution is -2.37. The van der Waals surface area contributed by atoms with Gasteiger partial charge in [0.05, 0.1) is 36.2 Å². The fraction of sp³-hybridized carbons (Fsp3) is 0.311. The van der Waals surface area contributed by atoms with E-state index in [1.807, 2.05) is 0 Å². The Hall–Kier alpha value is -5.84. The van der Waals surface area contributed by atoms with Crippen LogP contribution in [0.5, 0.6) is 0 Å². The first-order valence-electron chi connectivity index (χ1n) is 23.5. The smallest absolute Gasteiger partial charge is 0.145 e. The summed E-state index contributed by atoms with van der Waals surface area (Å²) in [4.78, 5) is 11.3. The molecule has 0 bridgehead atoms. The molecule has 2 heterocycles. The number of aromatic nitrogens is 3. The molecule has 0 saturated carbocycles. The summed E-state index contributed by atoms with van der Waals surface area (Å²) in [6, 6.07) is 54.4. The SMILES string of the molecule is CC(C)(C)c1ccc(-c2cccc(-c3cc(C(C)(C)C)cc(-c4cccc5c4nc(-c4cc(C(C)(C)C)cc(C(C)(C)C)c4)n5-c4ccc([Si](C)(C)C)cc4-c4ccccc4)n3)c2)cc1. The summed E-state index contributed by atoms with van der Waals surface area (Å²) in [5.74, 6) is 0.930. The highest BCUT2D eigenvalue weighted by atomic mass is 28.3. The molecular formula is C61H69N3Si. The Labute approximate surface area is 391 Å². The van der Waals surface area contributed by atoms with Crippen LogP contribution < -0.4 is 5.19 Å². The Morgan fingerprint density at radius 2 is 0.938 bits per heavy atom. The van der Waals surface area contributed by atoms with E-state index in [4.69, 9.17) is 9.97 Å². The number of para-hydroxylation sites is 1. The minimum absolute atomic E-state index is 0.0624. The highest BCUT2D eigenvalue weighted by Gasteiger charge is 2.27. The maximum Gasteiger partial charge on any atom is 0.145 e. The summed E-state index contributed by atoms with van der Waals surface area (Å²) in [5.41, 5.74) is 18.0. The topological polar surface area (TPSA) is 30.7 Å². The van der Waals surface area contributed by atoms with Crippen molar-refractivity contribution in [3.8, 4) is 61.8 Å². The van der Waals surface area contributed by atoms with Crippen molar-refractivity contribution >= 4 is 24.3 Å². The van der Waals surface area contributed by atoms with E-state index in [-0.39, 0.29) is 21.7 Å². The number of imidazole rings is 1. The minimum Gasteiger partial charge on any atom is -0.292 e. The lowest BCUT2D eigenvalue weighted by molar-refractivity contribution is 0.569. The maximum absolute atomic E-state index is 5.79. The largest absolute Gasteiger partial charge is 0.292 e. The van der Waals surface area contributed by atoms with E-state index >= 15 is 0 Å². The van der Waals surface area contributed by atoms with Crippen molar-refractivity contribution in [3.63, 3.8) is 0 Å². The summed E-state index contributed by atoms with van der Waals surface area (Å²) < 4.78 is 2.44. The Bertz CT molecular complexity index is 2990. The Morgan fingerprint density at radius 3 is 1.54 bits per heavy atom. The molecule has 3 nitrogen and oxygen atoms in total. The van der Waals surface area contributed by atoms with Crippen molar-refractivity contribution in [2.45, 2.75) is 124 Å². The van der Waals surface area contributed by atoms with Gasteiger partial charge in [-0.2, -0.15) is 0 Å². The van der Waals surface area contributed by atoms with Crippen molar-refractivity contribution in [1.82, 2.24) is 14.5 Å². The average Bonchev–Trinajstić information content (AvgIpc) is 3.65. The lowest BCUT2D eigenvalue weighted by Gasteiger charge is -2.26. The highest BCUT2D eigenvalue weighted by molar-refractivity contribution is 6.88. The molecule has 0 spiro atoms. The molecule has 0 aliphatic rings. The van der Waals surface area contributed by atoms with Crippen LogP contribution in [0.15, 0.2) is 146 Å². The van der Waals surface area contributed by atoms with E-state index in [2.05, 4.69) is 253 Å². The lowest BCUT2D eigenvalue weighted by atomic mass is 9.79. The number of nitrogens with zero attached hydrogens (tertiary/aromatic N) is 3. The zero-order chi connectivity index (χ0) is 46.9. The van der Waals surface area contributed by atoms with E-state index < -0.39 is 8.07 Å². The fourth-order valence-corrected chi connectivity index (χ4v) is 9.84. The van der Waals surface area contributed by atoms with E-state index in [9.17, 15) is 0 Å².